The van der Waals surface area contributed by atoms with Gasteiger partial charge >= 0.3 is 0 Å². The van der Waals surface area contributed by atoms with Crippen molar-refractivity contribution >= 4 is 17.5 Å². The molecule has 180 valence electrons. The number of rotatable bonds is 5. The Hall–Kier alpha value is -3.84. The number of phenols is 2. The maximum Gasteiger partial charge on any atom is 0.253 e. The molecule has 1 atom stereocenters. The second kappa shape index (κ2) is 8.74. The van der Waals surface area contributed by atoms with Crippen molar-refractivity contribution in [3.05, 3.63) is 77.4 Å². The summed E-state index contributed by atoms with van der Waals surface area (Å²) in [4.78, 5) is 27.5. The average molecular weight is 473 g/mol. The lowest BCUT2D eigenvalue weighted by Crippen LogP contribution is -2.29. The Kier molecular flexibility index (Phi) is 5.73. The smallest absolute Gasteiger partial charge is 0.253 e. The van der Waals surface area contributed by atoms with Gasteiger partial charge in [0.25, 0.3) is 5.91 Å². The summed E-state index contributed by atoms with van der Waals surface area (Å²) in [7, 11) is 0. The third-order valence-corrected chi connectivity index (χ3v) is 7.10. The van der Waals surface area contributed by atoms with Gasteiger partial charge in [0.2, 0.25) is 5.91 Å². The molecule has 7 heteroatoms. The van der Waals surface area contributed by atoms with Crippen molar-refractivity contribution in [3.63, 3.8) is 0 Å². The monoisotopic (exact) mass is 472 g/mol. The molecule has 0 unspecified atom stereocenters. The van der Waals surface area contributed by atoms with E-state index in [0.29, 0.717) is 49.2 Å². The molecule has 7 nitrogen and oxygen atoms in total. The van der Waals surface area contributed by atoms with Crippen molar-refractivity contribution in [1.29, 1.82) is 0 Å². The van der Waals surface area contributed by atoms with Crippen molar-refractivity contribution in [1.82, 2.24) is 4.90 Å². The Bertz CT molecular complexity index is 1300. The summed E-state index contributed by atoms with van der Waals surface area (Å²) in [5.41, 5.74) is 4.14. The van der Waals surface area contributed by atoms with Crippen LogP contribution in [0.2, 0.25) is 0 Å². The molecule has 0 spiro atoms. The van der Waals surface area contributed by atoms with Crippen molar-refractivity contribution in [2.45, 2.75) is 37.7 Å². The maximum atomic E-state index is 13.2. The van der Waals surface area contributed by atoms with Crippen LogP contribution in [0.25, 0.3) is 11.1 Å². The highest BCUT2D eigenvalue weighted by atomic mass is 16.3. The van der Waals surface area contributed by atoms with E-state index in [4.69, 9.17) is 0 Å². The number of aromatic hydroxyl groups is 2. The van der Waals surface area contributed by atoms with E-state index in [2.05, 4.69) is 5.32 Å². The number of carbonyl (C=O) groups is 2. The third kappa shape index (κ3) is 4.35. The fraction of sp³-hybridized carbons (Fsp3) is 0.286. The van der Waals surface area contributed by atoms with Crippen molar-refractivity contribution in [2.24, 2.45) is 0 Å². The van der Waals surface area contributed by atoms with Crippen LogP contribution in [0.1, 0.15) is 40.7 Å². The molecule has 2 fully saturated rings. The van der Waals surface area contributed by atoms with Gasteiger partial charge in [-0.25, -0.2) is 0 Å². The SMILES string of the molecule is Cc1ccc(NC(=O)C2(c3ccc(O)c(O)c3)CC2)cc1-c1ccc(C(=O)N2CC[C@@H](O)C2)cc1. The molecule has 1 heterocycles. The second-order valence-corrected chi connectivity index (χ2v) is 9.54. The van der Waals surface area contributed by atoms with Gasteiger partial charge < -0.3 is 25.5 Å². The lowest BCUT2D eigenvalue weighted by Gasteiger charge is -2.18. The zero-order valence-electron chi connectivity index (χ0n) is 19.5. The average Bonchev–Trinajstić information content (AvgIpc) is 3.56. The predicted octanol–water partition coefficient (Wildman–Crippen LogP) is 3.95. The Labute approximate surface area is 203 Å². The summed E-state index contributed by atoms with van der Waals surface area (Å²) in [6.07, 6.45) is 1.50. The molecule has 1 saturated heterocycles. The molecule has 1 aliphatic carbocycles. The second-order valence-electron chi connectivity index (χ2n) is 9.54. The number of likely N-dealkylation sites (tertiary alicyclic amines) is 1. The van der Waals surface area contributed by atoms with E-state index < -0.39 is 11.5 Å². The summed E-state index contributed by atoms with van der Waals surface area (Å²) >= 11 is 0. The molecule has 5 rings (SSSR count). The van der Waals surface area contributed by atoms with Gasteiger partial charge in [0.1, 0.15) is 0 Å². The Morgan fingerprint density at radius 3 is 2.34 bits per heavy atom. The maximum absolute atomic E-state index is 13.2. The van der Waals surface area contributed by atoms with Crippen LogP contribution < -0.4 is 5.32 Å². The number of phenolic OH excluding ortho intramolecular Hbond substituents is 2. The number of hydrogen-bond donors (Lipinski definition) is 4. The van der Waals surface area contributed by atoms with Crippen LogP contribution in [0.5, 0.6) is 11.5 Å². The first kappa shape index (κ1) is 22.9. The van der Waals surface area contributed by atoms with Crippen molar-refractivity contribution in [2.75, 3.05) is 18.4 Å². The van der Waals surface area contributed by atoms with Crippen LogP contribution in [0.4, 0.5) is 5.69 Å². The third-order valence-electron chi connectivity index (χ3n) is 7.10. The molecule has 2 aliphatic rings. The normalized spacial score (nSPS) is 18.3. The molecule has 35 heavy (non-hydrogen) atoms. The number of aryl methyl sites for hydroxylation is 1. The van der Waals surface area contributed by atoms with E-state index in [-0.39, 0.29) is 23.3 Å². The number of hydrogen-bond acceptors (Lipinski definition) is 5. The number of nitrogens with zero attached hydrogens (tertiary/aromatic N) is 1. The quantitative estimate of drug-likeness (QED) is 0.421. The molecule has 4 N–H and O–H groups in total. The van der Waals surface area contributed by atoms with E-state index in [9.17, 15) is 24.9 Å². The summed E-state index contributed by atoms with van der Waals surface area (Å²) in [6.45, 7) is 2.92. The lowest BCUT2D eigenvalue weighted by atomic mass is 9.94. The van der Waals surface area contributed by atoms with E-state index in [0.717, 1.165) is 16.7 Å². The molecule has 3 aromatic rings. The van der Waals surface area contributed by atoms with Gasteiger partial charge in [-0.2, -0.15) is 0 Å². The number of anilines is 1. The van der Waals surface area contributed by atoms with Gasteiger partial charge in [0.15, 0.2) is 11.5 Å². The lowest BCUT2D eigenvalue weighted by molar-refractivity contribution is -0.118. The zero-order valence-corrected chi connectivity index (χ0v) is 19.5. The van der Waals surface area contributed by atoms with Crippen molar-refractivity contribution < 1.29 is 24.9 Å². The largest absolute Gasteiger partial charge is 0.504 e. The van der Waals surface area contributed by atoms with Gasteiger partial charge in [-0.1, -0.05) is 24.3 Å². The van der Waals surface area contributed by atoms with Crippen LogP contribution in [0.3, 0.4) is 0 Å². The number of benzene rings is 3. The number of nitrogens with one attached hydrogen (secondary N) is 1. The highest BCUT2D eigenvalue weighted by Gasteiger charge is 2.51. The first-order chi connectivity index (χ1) is 16.8. The van der Waals surface area contributed by atoms with E-state index in [1.807, 2.05) is 37.3 Å². The molecular formula is C28H28N2O5. The molecule has 0 bridgehead atoms. The van der Waals surface area contributed by atoms with Gasteiger partial charge in [0, 0.05) is 24.3 Å². The molecule has 2 amide bonds. The highest BCUT2D eigenvalue weighted by Crippen LogP contribution is 2.50. The number of aliphatic hydroxyl groups excluding tert-OH is 1. The summed E-state index contributed by atoms with van der Waals surface area (Å²) in [5, 5.41) is 32.2. The molecule has 0 radical (unpaired) electrons. The summed E-state index contributed by atoms with van der Waals surface area (Å²) in [6, 6.07) is 17.6. The standard InChI is InChI=1S/C28H28N2O5/c1-17-2-8-21(29-27(35)28(11-12-28)20-7-9-24(32)25(33)14-20)15-23(17)18-3-5-19(6-4-18)26(34)30-13-10-22(31)16-30/h2-9,14-15,22,31-33H,10-13,16H2,1H3,(H,29,35)/t22-/m1/s1. The minimum atomic E-state index is -0.707. The topological polar surface area (TPSA) is 110 Å². The molecule has 1 aliphatic heterocycles. The predicted molar refractivity (Wildman–Crippen MR) is 132 cm³/mol. The Morgan fingerprint density at radius 2 is 1.71 bits per heavy atom. The minimum absolute atomic E-state index is 0.0826. The van der Waals surface area contributed by atoms with Crippen LogP contribution in [-0.4, -0.2) is 51.2 Å². The fourth-order valence-corrected chi connectivity index (χ4v) is 4.76. The van der Waals surface area contributed by atoms with Gasteiger partial charge in [0.05, 0.1) is 11.5 Å². The molecular weight excluding hydrogens is 444 g/mol. The van der Waals surface area contributed by atoms with E-state index >= 15 is 0 Å². The van der Waals surface area contributed by atoms with Crippen LogP contribution in [0.15, 0.2) is 60.7 Å². The van der Waals surface area contributed by atoms with Crippen LogP contribution in [-0.2, 0) is 10.2 Å². The zero-order chi connectivity index (χ0) is 24.7. The number of β-amino-alcohol motifs (C(OH)–C–C–N with tert-alkyl or cyclic N) is 1. The first-order valence-electron chi connectivity index (χ1n) is 11.8. The van der Waals surface area contributed by atoms with Crippen molar-refractivity contribution in [3.8, 4) is 22.6 Å². The van der Waals surface area contributed by atoms with E-state index in [1.165, 1.54) is 12.1 Å². The molecule has 3 aromatic carbocycles. The molecule has 0 aromatic heterocycles. The van der Waals surface area contributed by atoms with E-state index in [1.54, 1.807) is 23.1 Å². The van der Waals surface area contributed by atoms with Gasteiger partial charge in [-0.05, 0) is 84.8 Å². The Balaban J connectivity index is 1.34. The minimum Gasteiger partial charge on any atom is -0.504 e. The number of carbonyl (C=O) groups excluding carboxylic acids is 2. The summed E-state index contributed by atoms with van der Waals surface area (Å²) < 4.78 is 0. The number of amides is 2. The summed E-state index contributed by atoms with van der Waals surface area (Å²) in [5.74, 6) is -0.673. The Morgan fingerprint density at radius 1 is 0.971 bits per heavy atom. The van der Waals surface area contributed by atoms with Crippen LogP contribution >= 0.6 is 0 Å². The fourth-order valence-electron chi connectivity index (χ4n) is 4.76. The van der Waals surface area contributed by atoms with Gasteiger partial charge in [-0.15, -0.1) is 0 Å². The van der Waals surface area contributed by atoms with Crippen LogP contribution in [0, 0.1) is 6.92 Å². The van der Waals surface area contributed by atoms with Gasteiger partial charge in [-0.3, -0.25) is 9.59 Å². The number of aliphatic hydroxyl groups is 1. The molecule has 1 saturated carbocycles. The highest BCUT2D eigenvalue weighted by molar-refractivity contribution is 6.02. The first-order valence-corrected chi connectivity index (χ1v) is 11.8.